The van der Waals surface area contributed by atoms with Crippen molar-refractivity contribution in [3.63, 3.8) is 0 Å². The fourth-order valence-corrected chi connectivity index (χ4v) is 1.79. The zero-order valence-corrected chi connectivity index (χ0v) is 8.38. The maximum absolute atomic E-state index is 5.84. The number of alkyl halides is 2. The van der Waals surface area contributed by atoms with E-state index in [-0.39, 0.29) is 13.2 Å². The lowest BCUT2D eigenvalue weighted by molar-refractivity contribution is 0.282. The lowest BCUT2D eigenvalue weighted by Crippen LogP contribution is -2.28. The predicted octanol–water partition coefficient (Wildman–Crippen LogP) is 2.69. The van der Waals surface area contributed by atoms with Crippen LogP contribution in [0.5, 0.6) is 11.5 Å². The summed E-state index contributed by atoms with van der Waals surface area (Å²) in [4.78, 5) is 0. The first-order valence-corrected chi connectivity index (χ1v) is 5.07. The Kier molecular flexibility index (Phi) is 2.10. The van der Waals surface area contributed by atoms with E-state index in [9.17, 15) is 0 Å². The maximum Gasteiger partial charge on any atom is 0.185 e. The number of ether oxygens (including phenoxy) is 2. The van der Waals surface area contributed by atoms with Crippen molar-refractivity contribution in [3.8, 4) is 11.5 Å². The maximum atomic E-state index is 5.84. The van der Waals surface area contributed by atoms with Gasteiger partial charge in [-0.3, -0.25) is 0 Å². The smallest absolute Gasteiger partial charge is 0.185 e. The topological polar surface area (TPSA) is 18.5 Å². The van der Waals surface area contributed by atoms with Crippen LogP contribution in [0.3, 0.4) is 0 Å². The zero-order valence-electron chi connectivity index (χ0n) is 6.05. The quantitative estimate of drug-likeness (QED) is 0.632. The highest BCUT2D eigenvalue weighted by atomic mass is 35.5. The summed E-state index contributed by atoms with van der Waals surface area (Å²) in [6.45, 7) is 0.527. The van der Waals surface area contributed by atoms with Gasteiger partial charge in [0.15, 0.2) is 15.8 Å². The van der Waals surface area contributed by atoms with E-state index in [1.165, 1.54) is 11.3 Å². The Morgan fingerprint density at radius 3 is 2.17 bits per heavy atom. The third kappa shape index (κ3) is 1.63. The number of halogens is 2. The Hall–Kier alpha value is -0.120. The minimum absolute atomic E-state index is 0.264. The van der Waals surface area contributed by atoms with Gasteiger partial charge in [-0.05, 0) is 0 Å². The molecule has 0 aromatic carbocycles. The molecule has 0 unspecified atom stereocenters. The zero-order chi connectivity index (χ0) is 8.60. The molecule has 0 saturated heterocycles. The van der Waals surface area contributed by atoms with Gasteiger partial charge in [-0.15, -0.1) is 11.3 Å². The highest BCUT2D eigenvalue weighted by Crippen LogP contribution is 2.37. The minimum Gasteiger partial charge on any atom is -0.486 e. The second-order valence-corrected chi connectivity index (χ2v) is 4.92. The van der Waals surface area contributed by atoms with Crippen molar-refractivity contribution in [2.24, 2.45) is 0 Å². The molecule has 66 valence electrons. The first-order chi connectivity index (χ1) is 5.67. The molecule has 0 amide bonds. The summed E-state index contributed by atoms with van der Waals surface area (Å²) in [6, 6.07) is 0. The van der Waals surface area contributed by atoms with Gasteiger partial charge in [0.05, 0.1) is 0 Å². The summed E-state index contributed by atoms with van der Waals surface area (Å²) >= 11 is 13.2. The number of rotatable bonds is 0. The van der Waals surface area contributed by atoms with Crippen molar-refractivity contribution in [2.75, 3.05) is 13.2 Å². The fourth-order valence-electron chi connectivity index (χ4n) is 0.892. The van der Waals surface area contributed by atoms with Crippen LogP contribution in [0, 0.1) is 0 Å². The van der Waals surface area contributed by atoms with Crippen LogP contribution in [0.4, 0.5) is 0 Å². The first-order valence-electron chi connectivity index (χ1n) is 3.37. The average molecular weight is 225 g/mol. The van der Waals surface area contributed by atoms with Crippen LogP contribution >= 0.6 is 34.5 Å². The molecule has 0 atom stereocenters. The van der Waals surface area contributed by atoms with E-state index in [4.69, 9.17) is 32.7 Å². The molecule has 0 aliphatic carbocycles. The number of hydrogen-bond donors (Lipinski definition) is 0. The summed E-state index contributed by atoms with van der Waals surface area (Å²) < 4.78 is 9.72. The van der Waals surface area contributed by atoms with Gasteiger partial charge in [-0.2, -0.15) is 0 Å². The lowest BCUT2D eigenvalue weighted by atomic mass is 10.5. The van der Waals surface area contributed by atoms with Crippen LogP contribution in [-0.2, 0) is 0 Å². The van der Waals surface area contributed by atoms with E-state index >= 15 is 0 Å². The van der Waals surface area contributed by atoms with Gasteiger partial charge in [0.2, 0.25) is 0 Å². The monoisotopic (exact) mass is 224 g/mol. The SMILES string of the molecule is ClC1(Cl)COc2cscc2OC1. The Bertz CT molecular complexity index is 260. The fraction of sp³-hybridized carbons (Fsp3) is 0.429. The van der Waals surface area contributed by atoms with Gasteiger partial charge >= 0.3 is 0 Å². The molecule has 2 rings (SSSR count). The first kappa shape index (κ1) is 8.48. The van der Waals surface area contributed by atoms with Gasteiger partial charge < -0.3 is 9.47 Å². The van der Waals surface area contributed by atoms with E-state index in [2.05, 4.69) is 0 Å². The van der Waals surface area contributed by atoms with Gasteiger partial charge in [0.1, 0.15) is 13.2 Å². The largest absolute Gasteiger partial charge is 0.486 e. The van der Waals surface area contributed by atoms with Crippen molar-refractivity contribution < 1.29 is 9.47 Å². The Balaban J connectivity index is 2.21. The highest BCUT2D eigenvalue weighted by molar-refractivity contribution is 7.08. The molecule has 0 saturated carbocycles. The number of hydrogen-bond acceptors (Lipinski definition) is 3. The summed E-state index contributed by atoms with van der Waals surface area (Å²) in [5.41, 5.74) is 0. The molecular formula is C7H6Cl2O2S. The summed E-state index contributed by atoms with van der Waals surface area (Å²) in [5.74, 6) is 1.45. The van der Waals surface area contributed by atoms with E-state index < -0.39 is 4.33 Å². The van der Waals surface area contributed by atoms with Crippen molar-refractivity contribution in [2.45, 2.75) is 4.33 Å². The molecule has 0 bridgehead atoms. The summed E-state index contributed by atoms with van der Waals surface area (Å²) in [5, 5.41) is 3.73. The van der Waals surface area contributed by atoms with Crippen LogP contribution < -0.4 is 9.47 Å². The molecular weight excluding hydrogens is 219 g/mol. The molecule has 1 aromatic rings. The van der Waals surface area contributed by atoms with Crippen LogP contribution in [0.25, 0.3) is 0 Å². The van der Waals surface area contributed by atoms with Crippen LogP contribution in [0.2, 0.25) is 0 Å². The molecule has 5 heteroatoms. The van der Waals surface area contributed by atoms with E-state index in [0.29, 0.717) is 0 Å². The number of thiophene rings is 1. The Labute approximate surface area is 84.0 Å². The highest BCUT2D eigenvalue weighted by Gasteiger charge is 2.30. The Morgan fingerprint density at radius 1 is 1.17 bits per heavy atom. The molecule has 0 radical (unpaired) electrons. The predicted molar refractivity (Wildman–Crippen MR) is 49.7 cm³/mol. The average Bonchev–Trinajstić information content (AvgIpc) is 2.40. The summed E-state index contributed by atoms with van der Waals surface area (Å²) in [6.07, 6.45) is 0. The molecule has 0 spiro atoms. The van der Waals surface area contributed by atoms with Crippen LogP contribution in [-0.4, -0.2) is 17.5 Å². The van der Waals surface area contributed by atoms with Gasteiger partial charge in [-0.1, -0.05) is 23.2 Å². The second-order valence-electron chi connectivity index (χ2n) is 2.53. The standard InChI is InChI=1S/C7H6Cl2O2S/c8-7(9)3-10-5-1-12-2-6(5)11-4-7/h1-2H,3-4H2. The van der Waals surface area contributed by atoms with Gasteiger partial charge in [0, 0.05) is 10.8 Å². The molecule has 0 fully saturated rings. The molecule has 1 aliphatic heterocycles. The summed E-state index contributed by atoms with van der Waals surface area (Å²) in [7, 11) is 0. The van der Waals surface area contributed by atoms with E-state index in [0.717, 1.165) is 11.5 Å². The lowest BCUT2D eigenvalue weighted by Gasteiger charge is -2.14. The molecule has 2 nitrogen and oxygen atoms in total. The molecule has 1 aromatic heterocycles. The van der Waals surface area contributed by atoms with Crippen molar-refractivity contribution in [1.82, 2.24) is 0 Å². The van der Waals surface area contributed by atoms with E-state index in [1.807, 2.05) is 10.8 Å². The third-order valence-electron chi connectivity index (χ3n) is 1.47. The molecule has 2 heterocycles. The van der Waals surface area contributed by atoms with Crippen molar-refractivity contribution in [3.05, 3.63) is 10.8 Å². The van der Waals surface area contributed by atoms with Crippen LogP contribution in [0.1, 0.15) is 0 Å². The Morgan fingerprint density at radius 2 is 1.67 bits per heavy atom. The molecule has 0 N–H and O–H groups in total. The number of fused-ring (bicyclic) bond motifs is 1. The molecule has 1 aliphatic rings. The minimum atomic E-state index is -0.934. The van der Waals surface area contributed by atoms with Gasteiger partial charge in [0.25, 0.3) is 0 Å². The second kappa shape index (κ2) is 2.98. The van der Waals surface area contributed by atoms with E-state index in [1.54, 1.807) is 0 Å². The molecule has 12 heavy (non-hydrogen) atoms. The van der Waals surface area contributed by atoms with Crippen LogP contribution in [0.15, 0.2) is 10.8 Å². The van der Waals surface area contributed by atoms with Crippen molar-refractivity contribution in [1.29, 1.82) is 0 Å². The third-order valence-corrected chi connectivity index (χ3v) is 2.61. The van der Waals surface area contributed by atoms with Crippen molar-refractivity contribution >= 4 is 34.5 Å². The van der Waals surface area contributed by atoms with Gasteiger partial charge in [-0.25, -0.2) is 0 Å². The normalized spacial score (nSPS) is 20.2.